The Bertz CT molecular complexity index is 908. The Morgan fingerprint density at radius 2 is 1.79 bits per heavy atom. The molecule has 3 rings (SSSR count). The van der Waals surface area contributed by atoms with Gasteiger partial charge in [-0.15, -0.1) is 0 Å². The van der Waals surface area contributed by atoms with Crippen LogP contribution >= 0.6 is 0 Å². The van der Waals surface area contributed by atoms with E-state index in [0.717, 1.165) is 5.56 Å². The number of nitrogen functional groups attached to an aromatic ring is 1. The molecule has 1 heterocycles. The summed E-state index contributed by atoms with van der Waals surface area (Å²) in [6, 6.07) is 14.3. The molecule has 4 nitrogen and oxygen atoms in total. The Labute approximate surface area is 137 Å². The minimum atomic E-state index is -0.356. The maximum atomic E-state index is 13.8. The van der Waals surface area contributed by atoms with Gasteiger partial charge in [0, 0.05) is 12.0 Å². The summed E-state index contributed by atoms with van der Waals surface area (Å²) < 4.78 is 28.2. The van der Waals surface area contributed by atoms with Crippen molar-refractivity contribution in [1.29, 1.82) is 5.26 Å². The summed E-state index contributed by atoms with van der Waals surface area (Å²) in [5.74, 6) is -0.493. The van der Waals surface area contributed by atoms with Crippen LogP contribution in [0, 0.1) is 23.0 Å². The molecule has 6 heteroatoms. The monoisotopic (exact) mass is 324 g/mol. The molecule has 24 heavy (non-hydrogen) atoms. The van der Waals surface area contributed by atoms with E-state index in [2.05, 4.69) is 5.10 Å². The van der Waals surface area contributed by atoms with Crippen molar-refractivity contribution in [2.75, 3.05) is 5.73 Å². The lowest BCUT2D eigenvalue weighted by atomic mass is 10.1. The highest BCUT2D eigenvalue weighted by Gasteiger charge is 2.16. The largest absolute Gasteiger partial charge is 0.383 e. The molecule has 0 aliphatic heterocycles. The van der Waals surface area contributed by atoms with E-state index < -0.39 is 0 Å². The molecule has 0 bridgehead atoms. The number of nitrogens with two attached hydrogens (primary N) is 1. The van der Waals surface area contributed by atoms with E-state index in [9.17, 15) is 14.0 Å². The van der Waals surface area contributed by atoms with E-state index >= 15 is 0 Å². The zero-order valence-corrected chi connectivity index (χ0v) is 12.7. The maximum Gasteiger partial charge on any atom is 0.140 e. The molecule has 2 aromatic carbocycles. The summed E-state index contributed by atoms with van der Waals surface area (Å²) in [6.45, 7) is 0.136. The molecule has 3 aromatic rings. The number of aromatic nitrogens is 2. The Morgan fingerprint density at radius 1 is 1.08 bits per heavy atom. The van der Waals surface area contributed by atoms with Crippen LogP contribution in [-0.4, -0.2) is 9.78 Å². The predicted molar refractivity (Wildman–Crippen MR) is 86.1 cm³/mol. The quantitative estimate of drug-likeness (QED) is 0.801. The van der Waals surface area contributed by atoms with Crippen LogP contribution in [0.3, 0.4) is 0 Å². The van der Waals surface area contributed by atoms with Crippen LogP contribution in [0.15, 0.2) is 48.5 Å². The van der Waals surface area contributed by atoms with E-state index in [0.29, 0.717) is 17.7 Å². The van der Waals surface area contributed by atoms with Gasteiger partial charge in [-0.2, -0.15) is 10.4 Å². The molecule has 0 atom stereocenters. The number of hydrogen-bond acceptors (Lipinski definition) is 3. The molecule has 0 aliphatic rings. The number of hydrogen-bond donors (Lipinski definition) is 1. The van der Waals surface area contributed by atoms with E-state index in [1.54, 1.807) is 30.3 Å². The van der Waals surface area contributed by atoms with Crippen molar-refractivity contribution >= 4 is 5.82 Å². The second-order valence-electron chi connectivity index (χ2n) is 5.37. The van der Waals surface area contributed by atoms with Crippen molar-refractivity contribution in [3.8, 4) is 6.07 Å². The first kappa shape index (κ1) is 15.7. The molecule has 0 amide bonds. The van der Waals surface area contributed by atoms with Gasteiger partial charge < -0.3 is 5.73 Å². The molecule has 0 saturated heterocycles. The van der Waals surface area contributed by atoms with Gasteiger partial charge >= 0.3 is 0 Å². The average Bonchev–Trinajstić information content (AvgIpc) is 2.87. The lowest BCUT2D eigenvalue weighted by molar-refractivity contribution is 0.586. The molecule has 2 N–H and O–H groups in total. The first-order valence-corrected chi connectivity index (χ1v) is 7.31. The van der Waals surface area contributed by atoms with Crippen molar-refractivity contribution in [1.82, 2.24) is 9.78 Å². The summed E-state index contributed by atoms with van der Waals surface area (Å²) in [7, 11) is 0. The van der Waals surface area contributed by atoms with Crippen molar-refractivity contribution < 1.29 is 8.78 Å². The van der Waals surface area contributed by atoms with Crippen LogP contribution in [0.25, 0.3) is 0 Å². The minimum absolute atomic E-state index is 0.136. The third kappa shape index (κ3) is 3.10. The van der Waals surface area contributed by atoms with Gasteiger partial charge in [0.15, 0.2) is 0 Å². The molecule has 0 spiro atoms. The number of halogens is 2. The van der Waals surface area contributed by atoms with Gasteiger partial charge in [-0.25, -0.2) is 13.5 Å². The molecular formula is C18H14F2N4. The van der Waals surface area contributed by atoms with Gasteiger partial charge in [0.1, 0.15) is 29.1 Å². The van der Waals surface area contributed by atoms with Crippen LogP contribution in [0.2, 0.25) is 0 Å². The SMILES string of the molecule is N#Cc1c(Cc2ccc(F)cc2)nn(Cc2ccccc2F)c1N. The van der Waals surface area contributed by atoms with Crippen LogP contribution in [0.1, 0.15) is 22.4 Å². The van der Waals surface area contributed by atoms with Gasteiger partial charge in [-0.1, -0.05) is 30.3 Å². The Kier molecular flexibility index (Phi) is 4.25. The number of rotatable bonds is 4. The number of nitrogens with zero attached hydrogens (tertiary/aromatic N) is 3. The van der Waals surface area contributed by atoms with Gasteiger partial charge in [0.05, 0.1) is 12.2 Å². The van der Waals surface area contributed by atoms with Gasteiger partial charge in [-0.05, 0) is 23.8 Å². The molecule has 120 valence electrons. The topological polar surface area (TPSA) is 67.6 Å². The first-order valence-electron chi connectivity index (χ1n) is 7.31. The summed E-state index contributed by atoms with van der Waals surface area (Å²) in [6.07, 6.45) is 0.345. The van der Waals surface area contributed by atoms with Gasteiger partial charge in [-0.3, -0.25) is 0 Å². The molecule has 0 unspecified atom stereocenters. The number of anilines is 1. The van der Waals surface area contributed by atoms with Gasteiger partial charge in [0.25, 0.3) is 0 Å². The van der Waals surface area contributed by atoms with Crippen molar-refractivity contribution in [3.05, 3.63) is 82.5 Å². The smallest absolute Gasteiger partial charge is 0.140 e. The highest BCUT2D eigenvalue weighted by atomic mass is 19.1. The lowest BCUT2D eigenvalue weighted by Gasteiger charge is -2.05. The molecule has 1 aromatic heterocycles. The Hall–Kier alpha value is -3.20. The van der Waals surface area contributed by atoms with E-state index in [1.807, 2.05) is 6.07 Å². The second kappa shape index (κ2) is 6.50. The summed E-state index contributed by atoms with van der Waals surface area (Å²) in [5.41, 5.74) is 7.97. The molecular weight excluding hydrogens is 310 g/mol. The molecule has 0 radical (unpaired) electrons. The highest BCUT2D eigenvalue weighted by molar-refractivity contribution is 5.53. The average molecular weight is 324 g/mol. The fourth-order valence-electron chi connectivity index (χ4n) is 2.48. The molecule has 0 aliphatic carbocycles. The third-order valence-electron chi connectivity index (χ3n) is 3.74. The van der Waals surface area contributed by atoms with E-state index in [-0.39, 0.29) is 29.6 Å². The Balaban J connectivity index is 1.92. The van der Waals surface area contributed by atoms with Crippen LogP contribution < -0.4 is 5.73 Å². The summed E-state index contributed by atoms with van der Waals surface area (Å²) in [4.78, 5) is 0. The number of benzene rings is 2. The zero-order valence-electron chi connectivity index (χ0n) is 12.7. The van der Waals surface area contributed by atoms with Crippen molar-refractivity contribution in [3.63, 3.8) is 0 Å². The summed E-state index contributed by atoms with van der Waals surface area (Å²) in [5, 5.41) is 13.7. The fourth-order valence-corrected chi connectivity index (χ4v) is 2.48. The van der Waals surface area contributed by atoms with Crippen LogP contribution in [0.5, 0.6) is 0 Å². The highest BCUT2D eigenvalue weighted by Crippen LogP contribution is 2.21. The Morgan fingerprint density at radius 3 is 2.46 bits per heavy atom. The standard InChI is InChI=1S/C18H14F2N4/c19-14-7-5-12(6-8-14)9-17-15(10-21)18(22)24(23-17)11-13-3-1-2-4-16(13)20/h1-8H,9,11,22H2. The van der Waals surface area contributed by atoms with Gasteiger partial charge in [0.2, 0.25) is 0 Å². The number of nitriles is 1. The van der Waals surface area contributed by atoms with Crippen LogP contribution in [-0.2, 0) is 13.0 Å². The maximum absolute atomic E-state index is 13.8. The third-order valence-corrected chi connectivity index (χ3v) is 3.74. The predicted octanol–water partition coefficient (Wildman–Crippen LogP) is 3.25. The van der Waals surface area contributed by atoms with Crippen molar-refractivity contribution in [2.24, 2.45) is 0 Å². The zero-order chi connectivity index (χ0) is 17.1. The normalized spacial score (nSPS) is 10.5. The molecule has 0 saturated carbocycles. The minimum Gasteiger partial charge on any atom is -0.383 e. The summed E-state index contributed by atoms with van der Waals surface area (Å²) >= 11 is 0. The fraction of sp³-hybridized carbons (Fsp3) is 0.111. The lowest BCUT2D eigenvalue weighted by Crippen LogP contribution is -2.07. The van der Waals surface area contributed by atoms with Crippen LogP contribution in [0.4, 0.5) is 14.6 Å². The molecule has 0 fully saturated rings. The van der Waals surface area contributed by atoms with E-state index in [1.165, 1.54) is 22.9 Å². The second-order valence-corrected chi connectivity index (χ2v) is 5.37. The first-order chi connectivity index (χ1) is 11.6. The van der Waals surface area contributed by atoms with E-state index in [4.69, 9.17) is 5.73 Å². The van der Waals surface area contributed by atoms with Crippen molar-refractivity contribution in [2.45, 2.75) is 13.0 Å².